The lowest BCUT2D eigenvalue weighted by molar-refractivity contribution is -0.113. The van der Waals surface area contributed by atoms with Crippen molar-refractivity contribution in [1.82, 2.24) is 0 Å². The Hall–Kier alpha value is -1.36. The fourth-order valence-electron chi connectivity index (χ4n) is 1.55. The van der Waals surface area contributed by atoms with Crippen LogP contribution in [0.1, 0.15) is 25.8 Å². The molecule has 1 atom stereocenters. The molecule has 1 amide bonds. The van der Waals surface area contributed by atoms with E-state index in [1.54, 1.807) is 12.1 Å². The van der Waals surface area contributed by atoms with Gasteiger partial charge in [-0.3, -0.25) is 9.00 Å². The number of benzene rings is 1. The number of nitrogens with two attached hydrogens (primary N) is 1. The number of aryl methyl sites for hydroxylation is 1. The molecule has 0 aliphatic carbocycles. The molecule has 0 aromatic heterocycles. The summed E-state index contributed by atoms with van der Waals surface area (Å²) in [6, 6.07) is 5.34. The van der Waals surface area contributed by atoms with Gasteiger partial charge in [0.15, 0.2) is 0 Å². The van der Waals surface area contributed by atoms with Gasteiger partial charge in [0, 0.05) is 27.9 Å². The van der Waals surface area contributed by atoms with E-state index in [1.807, 2.05) is 13.0 Å². The first-order chi connectivity index (χ1) is 8.88. The first-order valence-electron chi connectivity index (χ1n) is 6.39. The topological polar surface area (TPSA) is 72.2 Å². The van der Waals surface area contributed by atoms with E-state index in [0.29, 0.717) is 23.0 Å². The van der Waals surface area contributed by atoms with Crippen LogP contribution in [0.5, 0.6) is 0 Å². The van der Waals surface area contributed by atoms with E-state index in [4.69, 9.17) is 5.73 Å². The summed E-state index contributed by atoms with van der Waals surface area (Å²) in [4.78, 5) is 11.8. The molecule has 1 rings (SSSR count). The number of carbonyl (C=O) groups is 1. The lowest BCUT2D eigenvalue weighted by Gasteiger charge is -2.09. The maximum absolute atomic E-state index is 11.8. The molecule has 1 aromatic rings. The Kier molecular flexibility index (Phi) is 6.02. The molecule has 19 heavy (non-hydrogen) atoms. The summed E-state index contributed by atoms with van der Waals surface area (Å²) < 4.78 is 11.7. The second-order valence-corrected chi connectivity index (χ2v) is 6.67. The third-order valence-corrected chi connectivity index (χ3v) is 4.03. The van der Waals surface area contributed by atoms with Crippen molar-refractivity contribution >= 4 is 28.1 Å². The van der Waals surface area contributed by atoms with Crippen LogP contribution in [0.2, 0.25) is 0 Å². The third-order valence-electron chi connectivity index (χ3n) is 2.75. The van der Waals surface area contributed by atoms with Crippen molar-refractivity contribution in [2.75, 3.05) is 22.6 Å². The molecule has 0 spiro atoms. The summed E-state index contributed by atoms with van der Waals surface area (Å²) in [5.74, 6) is 0.890. The van der Waals surface area contributed by atoms with Crippen LogP contribution in [0, 0.1) is 12.8 Å². The quantitative estimate of drug-likeness (QED) is 0.786. The minimum atomic E-state index is -1.10. The average Bonchev–Trinajstić information content (AvgIpc) is 2.31. The second kappa shape index (κ2) is 7.28. The second-order valence-electron chi connectivity index (χ2n) is 5.09. The van der Waals surface area contributed by atoms with Crippen LogP contribution in [0.15, 0.2) is 18.2 Å². The molecule has 5 heteroatoms. The van der Waals surface area contributed by atoms with Crippen molar-refractivity contribution in [2.24, 2.45) is 5.92 Å². The van der Waals surface area contributed by atoms with Gasteiger partial charge >= 0.3 is 0 Å². The Morgan fingerprint density at radius 2 is 2.11 bits per heavy atom. The van der Waals surface area contributed by atoms with Crippen LogP contribution in [0.3, 0.4) is 0 Å². The van der Waals surface area contributed by atoms with Crippen LogP contribution in [-0.2, 0) is 15.6 Å². The third kappa shape index (κ3) is 5.87. The van der Waals surface area contributed by atoms with Crippen LogP contribution in [0.25, 0.3) is 0 Å². The number of rotatable bonds is 6. The van der Waals surface area contributed by atoms with Gasteiger partial charge in [-0.15, -0.1) is 0 Å². The maximum Gasteiger partial charge on any atom is 0.236 e. The van der Waals surface area contributed by atoms with E-state index in [2.05, 4.69) is 19.2 Å². The highest BCUT2D eigenvalue weighted by atomic mass is 32.2. The first-order valence-corrected chi connectivity index (χ1v) is 7.88. The molecule has 0 saturated carbocycles. The van der Waals surface area contributed by atoms with Gasteiger partial charge in [0.05, 0.1) is 0 Å². The molecular weight excluding hydrogens is 260 g/mol. The SMILES string of the molecule is Cc1ccc(N)cc1NC(=O)CS(=O)CCC(C)C. The highest BCUT2D eigenvalue weighted by Crippen LogP contribution is 2.18. The van der Waals surface area contributed by atoms with Gasteiger partial charge in [-0.2, -0.15) is 0 Å². The Balaban J connectivity index is 2.51. The fraction of sp³-hybridized carbons (Fsp3) is 0.500. The highest BCUT2D eigenvalue weighted by Gasteiger charge is 2.10. The molecule has 0 radical (unpaired) electrons. The molecule has 0 saturated heterocycles. The molecule has 1 aromatic carbocycles. The number of anilines is 2. The largest absolute Gasteiger partial charge is 0.399 e. The highest BCUT2D eigenvalue weighted by molar-refractivity contribution is 7.85. The predicted octanol–water partition coefficient (Wildman–Crippen LogP) is 2.31. The molecule has 0 aliphatic heterocycles. The number of hydrogen-bond acceptors (Lipinski definition) is 3. The van der Waals surface area contributed by atoms with Gasteiger partial charge in [0.2, 0.25) is 5.91 Å². The van der Waals surface area contributed by atoms with E-state index in [0.717, 1.165) is 12.0 Å². The van der Waals surface area contributed by atoms with Gasteiger partial charge in [0.25, 0.3) is 0 Å². The van der Waals surface area contributed by atoms with E-state index in [9.17, 15) is 9.00 Å². The van der Waals surface area contributed by atoms with Gasteiger partial charge in [-0.05, 0) is 37.0 Å². The average molecular weight is 282 g/mol. The number of amides is 1. The molecule has 1 unspecified atom stereocenters. The predicted molar refractivity (Wildman–Crippen MR) is 81.6 cm³/mol. The standard InChI is InChI=1S/C14H22N2O2S/c1-10(2)6-7-19(18)9-14(17)16-13-8-12(15)5-4-11(13)3/h4-5,8,10H,6-7,9,15H2,1-3H3,(H,16,17). The summed E-state index contributed by atoms with van der Waals surface area (Å²) in [6.07, 6.45) is 0.872. The van der Waals surface area contributed by atoms with Crippen molar-refractivity contribution in [3.63, 3.8) is 0 Å². The van der Waals surface area contributed by atoms with Gasteiger partial charge < -0.3 is 11.1 Å². The normalized spacial score (nSPS) is 12.4. The number of carbonyl (C=O) groups excluding carboxylic acids is 1. The first kappa shape index (κ1) is 15.7. The van der Waals surface area contributed by atoms with Crippen LogP contribution >= 0.6 is 0 Å². The summed E-state index contributed by atoms with van der Waals surface area (Å²) in [5.41, 5.74) is 7.90. The molecule has 106 valence electrons. The lowest BCUT2D eigenvalue weighted by atomic mass is 10.2. The zero-order valence-corrected chi connectivity index (χ0v) is 12.5. The fourth-order valence-corrected chi connectivity index (χ4v) is 2.79. The van der Waals surface area contributed by atoms with E-state index in [-0.39, 0.29) is 11.7 Å². The van der Waals surface area contributed by atoms with Gasteiger partial charge in [-0.25, -0.2) is 0 Å². The van der Waals surface area contributed by atoms with Crippen molar-refractivity contribution in [3.05, 3.63) is 23.8 Å². The van der Waals surface area contributed by atoms with E-state index < -0.39 is 10.8 Å². The summed E-state index contributed by atoms with van der Waals surface area (Å²) in [6.45, 7) is 6.05. The zero-order valence-electron chi connectivity index (χ0n) is 11.7. The maximum atomic E-state index is 11.8. The molecule has 0 heterocycles. The lowest BCUT2D eigenvalue weighted by Crippen LogP contribution is -2.21. The van der Waals surface area contributed by atoms with Gasteiger partial charge in [0.1, 0.15) is 5.75 Å². The van der Waals surface area contributed by atoms with Crippen LogP contribution in [0.4, 0.5) is 11.4 Å². The van der Waals surface area contributed by atoms with E-state index >= 15 is 0 Å². The van der Waals surface area contributed by atoms with Gasteiger partial charge in [-0.1, -0.05) is 19.9 Å². The number of nitrogens with one attached hydrogen (secondary N) is 1. The summed E-state index contributed by atoms with van der Waals surface area (Å²) >= 11 is 0. The van der Waals surface area contributed by atoms with Crippen LogP contribution in [-0.4, -0.2) is 21.6 Å². The molecule has 0 aliphatic rings. The minimum Gasteiger partial charge on any atom is -0.399 e. The Morgan fingerprint density at radius 3 is 2.74 bits per heavy atom. The van der Waals surface area contributed by atoms with E-state index in [1.165, 1.54) is 0 Å². The molecule has 0 bridgehead atoms. The van der Waals surface area contributed by atoms with Crippen molar-refractivity contribution in [2.45, 2.75) is 27.2 Å². The Bertz CT molecular complexity index is 473. The van der Waals surface area contributed by atoms with Crippen molar-refractivity contribution in [3.8, 4) is 0 Å². The molecular formula is C14H22N2O2S. The molecule has 4 nitrogen and oxygen atoms in total. The molecule has 3 N–H and O–H groups in total. The van der Waals surface area contributed by atoms with Crippen molar-refractivity contribution in [1.29, 1.82) is 0 Å². The van der Waals surface area contributed by atoms with Crippen molar-refractivity contribution < 1.29 is 9.00 Å². The van der Waals surface area contributed by atoms with Crippen LogP contribution < -0.4 is 11.1 Å². The minimum absolute atomic E-state index is 0.0426. The zero-order chi connectivity index (χ0) is 14.4. The Labute approximate surface area is 117 Å². The Morgan fingerprint density at radius 1 is 1.42 bits per heavy atom. The number of nitrogen functional groups attached to an aromatic ring is 1. The summed E-state index contributed by atoms with van der Waals surface area (Å²) in [5, 5.41) is 2.76. The molecule has 0 fully saturated rings. The smallest absolute Gasteiger partial charge is 0.236 e. The summed E-state index contributed by atoms with van der Waals surface area (Å²) in [7, 11) is -1.10. The monoisotopic (exact) mass is 282 g/mol. The number of hydrogen-bond donors (Lipinski definition) is 2.